The molecule has 4 atom stereocenters. The van der Waals surface area contributed by atoms with Gasteiger partial charge in [0.15, 0.2) is 5.96 Å². The highest BCUT2D eigenvalue weighted by Crippen LogP contribution is 2.55. The highest BCUT2D eigenvalue weighted by molar-refractivity contribution is 5.83. The zero-order valence-corrected chi connectivity index (χ0v) is 19.2. The number of rotatable bonds is 6. The molecule has 4 rings (SSSR count). The van der Waals surface area contributed by atoms with Crippen molar-refractivity contribution in [2.45, 2.75) is 75.5 Å². The van der Waals surface area contributed by atoms with E-state index in [4.69, 9.17) is 11.5 Å². The number of carbonyl (C=O) groups excluding carboxylic acids is 1. The molecular formula is C24H37N5O3. The third kappa shape index (κ3) is 4.18. The Morgan fingerprint density at radius 3 is 2.72 bits per heavy atom. The fourth-order valence-corrected chi connectivity index (χ4v) is 6.13. The van der Waals surface area contributed by atoms with Gasteiger partial charge in [-0.05, 0) is 88.1 Å². The van der Waals surface area contributed by atoms with Gasteiger partial charge in [-0.2, -0.15) is 0 Å². The van der Waals surface area contributed by atoms with Crippen LogP contribution in [0.25, 0.3) is 0 Å². The van der Waals surface area contributed by atoms with Gasteiger partial charge in [-0.1, -0.05) is 6.07 Å². The molecule has 1 heterocycles. The number of benzene rings is 1. The predicted molar refractivity (Wildman–Crippen MR) is 124 cm³/mol. The minimum Gasteiger partial charge on any atom is -0.508 e. The summed E-state index contributed by atoms with van der Waals surface area (Å²) in [6.07, 6.45) is 5.22. The van der Waals surface area contributed by atoms with Crippen LogP contribution in [-0.4, -0.2) is 64.3 Å². The molecule has 3 fully saturated rings. The lowest BCUT2D eigenvalue weighted by atomic mass is 9.52. The number of nitrogens with one attached hydrogen (secondary N) is 1. The zero-order valence-electron chi connectivity index (χ0n) is 19.2. The van der Waals surface area contributed by atoms with Crippen LogP contribution in [0.3, 0.4) is 0 Å². The number of aryl methyl sites for hydroxylation is 1. The van der Waals surface area contributed by atoms with Crippen molar-refractivity contribution in [1.29, 1.82) is 0 Å². The van der Waals surface area contributed by atoms with Crippen LogP contribution >= 0.6 is 0 Å². The zero-order chi connectivity index (χ0) is 23.1. The number of guanidine groups is 1. The van der Waals surface area contributed by atoms with Crippen LogP contribution in [-0.2, 0) is 10.2 Å². The Morgan fingerprint density at radius 2 is 2.03 bits per heavy atom. The Labute approximate surface area is 190 Å². The van der Waals surface area contributed by atoms with Gasteiger partial charge in [0, 0.05) is 24.0 Å². The number of piperidine rings is 1. The number of carbonyl (C=O) groups is 1. The van der Waals surface area contributed by atoms with E-state index in [9.17, 15) is 15.0 Å². The molecular weight excluding hydrogens is 406 g/mol. The number of phenols is 1. The topological polar surface area (TPSA) is 137 Å². The van der Waals surface area contributed by atoms with Crippen molar-refractivity contribution in [3.63, 3.8) is 0 Å². The van der Waals surface area contributed by atoms with Crippen molar-refractivity contribution >= 4 is 11.9 Å². The van der Waals surface area contributed by atoms with Gasteiger partial charge in [-0.3, -0.25) is 9.69 Å². The molecule has 1 aliphatic heterocycles. The average molecular weight is 444 g/mol. The summed E-state index contributed by atoms with van der Waals surface area (Å²) in [4.78, 5) is 18.7. The quantitative estimate of drug-likeness (QED) is 0.330. The first-order valence-corrected chi connectivity index (χ1v) is 11.8. The van der Waals surface area contributed by atoms with Crippen LogP contribution in [0.15, 0.2) is 23.2 Å². The molecule has 32 heavy (non-hydrogen) atoms. The van der Waals surface area contributed by atoms with Gasteiger partial charge in [0.25, 0.3) is 0 Å². The number of amides is 1. The molecule has 3 aliphatic rings. The second kappa shape index (κ2) is 8.56. The first kappa shape index (κ1) is 22.9. The maximum atomic E-state index is 12.4. The Bertz CT molecular complexity index is 898. The van der Waals surface area contributed by atoms with Crippen molar-refractivity contribution in [3.05, 3.63) is 29.3 Å². The van der Waals surface area contributed by atoms with E-state index in [1.54, 1.807) is 6.07 Å². The third-order valence-electron chi connectivity index (χ3n) is 8.06. The Morgan fingerprint density at radius 1 is 1.28 bits per heavy atom. The molecule has 3 unspecified atom stereocenters. The molecule has 0 bridgehead atoms. The third-order valence-corrected chi connectivity index (χ3v) is 8.06. The van der Waals surface area contributed by atoms with Crippen LogP contribution in [0.4, 0.5) is 0 Å². The second-order valence-electron chi connectivity index (χ2n) is 10.1. The van der Waals surface area contributed by atoms with E-state index in [1.165, 1.54) is 12.8 Å². The summed E-state index contributed by atoms with van der Waals surface area (Å²) in [5.41, 5.74) is 11.3. The van der Waals surface area contributed by atoms with Gasteiger partial charge < -0.3 is 27.0 Å². The van der Waals surface area contributed by atoms with E-state index in [0.717, 1.165) is 36.6 Å². The van der Waals surface area contributed by atoms with E-state index in [0.29, 0.717) is 19.3 Å². The summed E-state index contributed by atoms with van der Waals surface area (Å²) >= 11 is 0. The highest BCUT2D eigenvalue weighted by Gasteiger charge is 2.61. The highest BCUT2D eigenvalue weighted by atomic mass is 16.3. The van der Waals surface area contributed by atoms with Crippen LogP contribution in [0.5, 0.6) is 5.75 Å². The van der Waals surface area contributed by atoms with Gasteiger partial charge in [0.2, 0.25) is 5.91 Å². The predicted octanol–water partition coefficient (Wildman–Crippen LogP) is 1.12. The fourth-order valence-electron chi connectivity index (χ4n) is 6.13. The van der Waals surface area contributed by atoms with Gasteiger partial charge in [0.1, 0.15) is 12.3 Å². The SMILES string of the molecule is Cc1ccc(O)cc1[C@]12CCN(CC3CC3)C(C)C1(O)CCC(NC(=O)CN=C(N)N)C2. The summed E-state index contributed by atoms with van der Waals surface area (Å²) in [6, 6.07) is 5.32. The lowest BCUT2D eigenvalue weighted by molar-refractivity contribution is -0.160. The van der Waals surface area contributed by atoms with Crippen molar-refractivity contribution in [3.8, 4) is 5.75 Å². The number of likely N-dealkylation sites (tertiary alicyclic amines) is 1. The molecule has 1 amide bonds. The summed E-state index contributed by atoms with van der Waals surface area (Å²) in [5, 5.41) is 25.7. The molecule has 8 nitrogen and oxygen atoms in total. The molecule has 1 saturated heterocycles. The monoisotopic (exact) mass is 443 g/mol. The Kier molecular flexibility index (Phi) is 6.11. The molecule has 0 spiro atoms. The molecule has 2 saturated carbocycles. The molecule has 7 N–H and O–H groups in total. The van der Waals surface area contributed by atoms with Crippen LogP contribution < -0.4 is 16.8 Å². The van der Waals surface area contributed by atoms with Gasteiger partial charge >= 0.3 is 0 Å². The molecule has 0 radical (unpaired) electrons. The van der Waals surface area contributed by atoms with E-state index in [2.05, 4.69) is 22.1 Å². The number of nitrogens with zero attached hydrogens (tertiary/aromatic N) is 2. The summed E-state index contributed by atoms with van der Waals surface area (Å²) in [7, 11) is 0. The smallest absolute Gasteiger partial charge is 0.242 e. The summed E-state index contributed by atoms with van der Waals surface area (Å²) < 4.78 is 0. The van der Waals surface area contributed by atoms with Crippen LogP contribution in [0.1, 0.15) is 56.6 Å². The molecule has 1 aromatic rings. The maximum Gasteiger partial charge on any atom is 0.242 e. The van der Waals surface area contributed by atoms with Crippen LogP contribution in [0, 0.1) is 12.8 Å². The largest absolute Gasteiger partial charge is 0.508 e. The minimum absolute atomic E-state index is 0.00288. The lowest BCUT2D eigenvalue weighted by Gasteiger charge is -2.61. The number of phenolic OH excluding ortho intramolecular Hbond substituents is 1. The summed E-state index contributed by atoms with van der Waals surface area (Å²) in [5.74, 6) is 0.620. The van der Waals surface area contributed by atoms with E-state index in [1.807, 2.05) is 19.1 Å². The van der Waals surface area contributed by atoms with Gasteiger partial charge in [-0.25, -0.2) is 4.99 Å². The number of aromatic hydroxyl groups is 1. The minimum atomic E-state index is -0.945. The molecule has 2 aliphatic carbocycles. The normalized spacial score (nSPS) is 32.7. The first-order chi connectivity index (χ1) is 15.1. The Balaban J connectivity index is 1.66. The van der Waals surface area contributed by atoms with E-state index in [-0.39, 0.29) is 36.2 Å². The number of aliphatic hydroxyl groups is 1. The second-order valence-corrected chi connectivity index (χ2v) is 10.1. The van der Waals surface area contributed by atoms with Crippen molar-refractivity contribution < 1.29 is 15.0 Å². The van der Waals surface area contributed by atoms with Crippen molar-refractivity contribution in [2.24, 2.45) is 22.4 Å². The lowest BCUT2D eigenvalue weighted by Crippen LogP contribution is -2.71. The van der Waals surface area contributed by atoms with Crippen molar-refractivity contribution in [1.82, 2.24) is 10.2 Å². The van der Waals surface area contributed by atoms with Gasteiger partial charge in [0.05, 0.1) is 5.60 Å². The number of fused-ring (bicyclic) bond motifs is 1. The molecule has 0 aromatic heterocycles. The molecule has 1 aromatic carbocycles. The van der Waals surface area contributed by atoms with Crippen LogP contribution in [0.2, 0.25) is 0 Å². The number of aliphatic imine (C=N–C) groups is 1. The average Bonchev–Trinajstić information content (AvgIpc) is 3.56. The maximum absolute atomic E-state index is 12.4. The van der Waals surface area contributed by atoms with E-state index < -0.39 is 11.0 Å². The first-order valence-electron chi connectivity index (χ1n) is 11.8. The van der Waals surface area contributed by atoms with Gasteiger partial charge in [-0.15, -0.1) is 0 Å². The van der Waals surface area contributed by atoms with E-state index >= 15 is 0 Å². The molecule has 176 valence electrons. The number of hydrogen-bond donors (Lipinski definition) is 5. The summed E-state index contributed by atoms with van der Waals surface area (Å²) in [6.45, 7) is 6.01. The number of hydrogen-bond acceptors (Lipinski definition) is 5. The van der Waals surface area contributed by atoms with Crippen molar-refractivity contribution in [2.75, 3.05) is 19.6 Å². The standard InChI is InChI=1S/C24H37N5O3/c1-15-3-6-19(30)11-20(15)23-9-10-29(14-17-4-5-17)16(2)24(23,32)8-7-18(12-23)28-21(31)13-27-22(25)26/h3,6,11,16-18,30,32H,4-5,7-10,12-14H2,1-2H3,(H,28,31)(H4,25,26,27)/t16?,18?,23-,24?/m1/s1. The molecule has 8 heteroatoms. The fraction of sp³-hybridized carbons (Fsp3) is 0.667. The Hall–Kier alpha value is -2.32. The number of nitrogens with two attached hydrogens (primary N) is 2.